The molecule has 1 atom stereocenters. The molecule has 1 fully saturated rings. The monoisotopic (exact) mass is 417 g/mol. The first-order valence-electron chi connectivity index (χ1n) is 9.03. The summed E-state index contributed by atoms with van der Waals surface area (Å²) in [6.07, 6.45) is 0.258. The second kappa shape index (κ2) is 8.12. The molecule has 0 spiro atoms. The number of Topliss-reactive ketones (excluding diaryl/α,β-unsaturated/α-hetero) is 1. The Hall–Kier alpha value is -3.07. The van der Waals surface area contributed by atoms with Gasteiger partial charge in [-0.2, -0.15) is 0 Å². The molecular formula is C20H20FN3O4S. The van der Waals surface area contributed by atoms with Crippen molar-refractivity contribution in [3.8, 4) is 0 Å². The molecule has 0 unspecified atom stereocenters. The summed E-state index contributed by atoms with van der Waals surface area (Å²) in [4.78, 5) is 51.2. The smallest absolute Gasteiger partial charge is 0.325 e. The van der Waals surface area contributed by atoms with Gasteiger partial charge in [-0.1, -0.05) is 19.1 Å². The third-order valence-corrected chi connectivity index (χ3v) is 5.92. The number of thiophene rings is 1. The third-order valence-electron chi connectivity index (χ3n) is 4.79. The Balaban J connectivity index is 1.77. The highest BCUT2D eigenvalue weighted by Gasteiger charge is 2.51. The van der Waals surface area contributed by atoms with E-state index < -0.39 is 29.8 Å². The standard InChI is InChI=1S/C20H20FN3O4S/c1-3-20(13-4-6-14(21)7-5-13)18(27)24(19(28)23-20)11-16(26)17-9-8-15(29-17)10-22-12(2)25/h4-9H,3,10-11H2,1-2H3,(H,22,25)(H,23,28)/t20-/m0/s1. The average molecular weight is 417 g/mol. The van der Waals surface area contributed by atoms with Crippen molar-refractivity contribution < 1.29 is 23.6 Å². The van der Waals surface area contributed by atoms with Gasteiger partial charge in [-0.3, -0.25) is 19.3 Å². The molecule has 9 heteroatoms. The van der Waals surface area contributed by atoms with Crippen molar-refractivity contribution in [3.63, 3.8) is 0 Å². The van der Waals surface area contributed by atoms with Crippen molar-refractivity contribution in [2.45, 2.75) is 32.4 Å². The normalized spacial score (nSPS) is 18.7. The van der Waals surface area contributed by atoms with Crippen LogP contribution in [0.25, 0.3) is 0 Å². The van der Waals surface area contributed by atoms with E-state index in [1.165, 1.54) is 42.5 Å². The summed E-state index contributed by atoms with van der Waals surface area (Å²) in [5.74, 6) is -1.54. The van der Waals surface area contributed by atoms with Gasteiger partial charge in [-0.25, -0.2) is 9.18 Å². The molecule has 152 valence electrons. The summed E-state index contributed by atoms with van der Waals surface area (Å²) >= 11 is 1.20. The van der Waals surface area contributed by atoms with Gasteiger partial charge < -0.3 is 10.6 Å². The Morgan fingerprint density at radius 2 is 1.86 bits per heavy atom. The molecule has 1 aliphatic rings. The van der Waals surface area contributed by atoms with E-state index in [0.29, 0.717) is 17.0 Å². The zero-order valence-corrected chi connectivity index (χ0v) is 16.8. The van der Waals surface area contributed by atoms with Gasteiger partial charge >= 0.3 is 6.03 Å². The van der Waals surface area contributed by atoms with E-state index >= 15 is 0 Å². The number of rotatable bonds is 7. The van der Waals surface area contributed by atoms with E-state index in [0.717, 1.165) is 9.78 Å². The molecule has 1 aliphatic heterocycles. The average Bonchev–Trinajstić information content (AvgIpc) is 3.26. The van der Waals surface area contributed by atoms with Crippen LogP contribution in [-0.2, 0) is 21.7 Å². The highest BCUT2D eigenvalue weighted by atomic mass is 32.1. The Morgan fingerprint density at radius 1 is 1.17 bits per heavy atom. The predicted octanol–water partition coefficient (Wildman–Crippen LogP) is 2.56. The summed E-state index contributed by atoms with van der Waals surface area (Å²) in [6.45, 7) is 3.05. The molecule has 3 rings (SSSR count). The van der Waals surface area contributed by atoms with Crippen LogP contribution in [0.1, 0.15) is 40.4 Å². The maximum Gasteiger partial charge on any atom is 0.325 e. The number of halogens is 1. The van der Waals surface area contributed by atoms with Crippen LogP contribution in [0.5, 0.6) is 0 Å². The molecule has 0 bridgehead atoms. The molecular weight excluding hydrogens is 397 g/mol. The van der Waals surface area contributed by atoms with Crippen molar-refractivity contribution in [2.75, 3.05) is 6.54 Å². The van der Waals surface area contributed by atoms with Crippen LogP contribution in [0, 0.1) is 5.82 Å². The van der Waals surface area contributed by atoms with Crippen molar-refractivity contribution in [1.82, 2.24) is 15.5 Å². The summed E-state index contributed by atoms with van der Waals surface area (Å²) < 4.78 is 13.3. The van der Waals surface area contributed by atoms with Crippen molar-refractivity contribution in [2.24, 2.45) is 0 Å². The number of ketones is 1. The van der Waals surface area contributed by atoms with Gasteiger partial charge in [0.25, 0.3) is 5.91 Å². The van der Waals surface area contributed by atoms with Crippen molar-refractivity contribution in [3.05, 3.63) is 57.5 Å². The zero-order valence-electron chi connectivity index (χ0n) is 16.0. The maximum atomic E-state index is 13.3. The second-order valence-electron chi connectivity index (χ2n) is 6.69. The van der Waals surface area contributed by atoms with Gasteiger partial charge in [0.1, 0.15) is 11.4 Å². The minimum Gasteiger partial charge on any atom is -0.351 e. The topological polar surface area (TPSA) is 95.6 Å². The van der Waals surface area contributed by atoms with Gasteiger partial charge in [0.15, 0.2) is 5.78 Å². The van der Waals surface area contributed by atoms with Gasteiger partial charge in [-0.05, 0) is 36.2 Å². The van der Waals surface area contributed by atoms with E-state index in [-0.39, 0.29) is 18.1 Å². The number of hydrogen-bond donors (Lipinski definition) is 2. The number of nitrogens with one attached hydrogen (secondary N) is 2. The fourth-order valence-corrected chi connectivity index (χ4v) is 4.08. The van der Waals surface area contributed by atoms with Gasteiger partial charge in [0, 0.05) is 11.8 Å². The third kappa shape index (κ3) is 4.04. The lowest BCUT2D eigenvalue weighted by atomic mass is 9.87. The van der Waals surface area contributed by atoms with Crippen molar-refractivity contribution in [1.29, 1.82) is 0 Å². The number of hydrogen-bond acceptors (Lipinski definition) is 5. The van der Waals surface area contributed by atoms with E-state index in [9.17, 15) is 23.6 Å². The molecule has 1 aromatic heterocycles. The number of carbonyl (C=O) groups excluding carboxylic acids is 4. The first-order valence-corrected chi connectivity index (χ1v) is 9.85. The minimum absolute atomic E-state index is 0.178. The first kappa shape index (κ1) is 20.7. The molecule has 1 aromatic carbocycles. The minimum atomic E-state index is -1.32. The largest absolute Gasteiger partial charge is 0.351 e. The van der Waals surface area contributed by atoms with Crippen LogP contribution in [0.2, 0.25) is 0 Å². The molecule has 2 N–H and O–H groups in total. The van der Waals surface area contributed by atoms with Crippen molar-refractivity contribution >= 4 is 35.0 Å². The molecule has 0 saturated carbocycles. The fraction of sp³-hybridized carbons (Fsp3) is 0.300. The molecule has 29 heavy (non-hydrogen) atoms. The zero-order chi connectivity index (χ0) is 21.2. The molecule has 0 radical (unpaired) electrons. The summed E-state index contributed by atoms with van der Waals surface area (Å²) in [7, 11) is 0. The maximum absolute atomic E-state index is 13.3. The molecule has 0 aliphatic carbocycles. The Morgan fingerprint density at radius 3 is 2.48 bits per heavy atom. The first-order chi connectivity index (χ1) is 13.8. The van der Waals surface area contributed by atoms with Crippen LogP contribution < -0.4 is 10.6 Å². The van der Waals surface area contributed by atoms with Gasteiger partial charge in [-0.15, -0.1) is 11.3 Å². The van der Waals surface area contributed by atoms with Gasteiger partial charge in [0.2, 0.25) is 5.91 Å². The number of urea groups is 1. The molecule has 2 aromatic rings. The van der Waals surface area contributed by atoms with Gasteiger partial charge in [0.05, 0.1) is 18.0 Å². The number of benzene rings is 1. The predicted molar refractivity (Wildman–Crippen MR) is 105 cm³/mol. The number of amides is 4. The second-order valence-corrected chi connectivity index (χ2v) is 7.85. The quantitative estimate of drug-likeness (QED) is 0.535. The molecule has 4 amide bonds. The van der Waals surface area contributed by atoms with Crippen LogP contribution in [0.4, 0.5) is 9.18 Å². The molecule has 1 saturated heterocycles. The van der Waals surface area contributed by atoms with Crippen LogP contribution in [0.3, 0.4) is 0 Å². The van der Waals surface area contributed by atoms with E-state index in [2.05, 4.69) is 10.6 Å². The number of nitrogens with zero attached hydrogens (tertiary/aromatic N) is 1. The SMILES string of the molecule is CC[C@@]1(c2ccc(F)cc2)NC(=O)N(CC(=O)c2ccc(CNC(C)=O)s2)C1=O. The summed E-state index contributed by atoms with van der Waals surface area (Å²) in [5, 5.41) is 5.31. The number of imide groups is 1. The summed E-state index contributed by atoms with van der Waals surface area (Å²) in [6, 6.07) is 8.02. The van der Waals surface area contributed by atoms with E-state index in [1.54, 1.807) is 19.1 Å². The summed E-state index contributed by atoms with van der Waals surface area (Å²) in [5.41, 5.74) is -0.861. The van der Waals surface area contributed by atoms with E-state index in [1.807, 2.05) is 0 Å². The van der Waals surface area contributed by atoms with E-state index in [4.69, 9.17) is 0 Å². The van der Waals surface area contributed by atoms with Crippen LogP contribution >= 0.6 is 11.3 Å². The lowest BCUT2D eigenvalue weighted by Crippen LogP contribution is -2.43. The molecule has 7 nitrogen and oxygen atoms in total. The fourth-order valence-electron chi connectivity index (χ4n) is 3.20. The lowest BCUT2D eigenvalue weighted by molar-refractivity contribution is -0.131. The lowest BCUT2D eigenvalue weighted by Gasteiger charge is -2.25. The highest BCUT2D eigenvalue weighted by molar-refractivity contribution is 7.14. The Labute approximate surface area is 170 Å². The Bertz CT molecular complexity index is 972. The highest BCUT2D eigenvalue weighted by Crippen LogP contribution is 2.32. The number of carbonyl (C=O) groups is 4. The Kier molecular flexibility index (Phi) is 5.78. The molecule has 2 heterocycles. The van der Waals surface area contributed by atoms with Crippen LogP contribution in [0.15, 0.2) is 36.4 Å². The van der Waals surface area contributed by atoms with Crippen LogP contribution in [-0.4, -0.2) is 35.1 Å².